The molecule has 28 heavy (non-hydrogen) atoms. The van der Waals surface area contributed by atoms with Crippen molar-refractivity contribution in [3.05, 3.63) is 59.2 Å². The largest absolute Gasteiger partial charge is 0.458 e. The van der Waals surface area contributed by atoms with Crippen LogP contribution in [0.5, 0.6) is 0 Å². The van der Waals surface area contributed by atoms with E-state index in [1.807, 2.05) is 30.3 Å². The third kappa shape index (κ3) is 4.85. The van der Waals surface area contributed by atoms with Crippen LogP contribution in [0.2, 0.25) is 0 Å². The summed E-state index contributed by atoms with van der Waals surface area (Å²) in [7, 11) is 0. The molecule has 0 radical (unpaired) electrons. The fraction of sp³-hybridized carbons (Fsp3) is 0.250. The number of benzene rings is 1. The Bertz CT molecular complexity index is 951. The number of amides is 2. The highest BCUT2D eigenvalue weighted by Gasteiger charge is 2.23. The summed E-state index contributed by atoms with van der Waals surface area (Å²) >= 11 is 1.31. The molecule has 146 valence electrons. The first-order valence-corrected chi connectivity index (χ1v) is 9.72. The molecule has 0 spiro atoms. The highest BCUT2D eigenvalue weighted by atomic mass is 32.1. The Labute approximate surface area is 167 Å². The van der Waals surface area contributed by atoms with E-state index in [0.717, 1.165) is 5.56 Å². The van der Waals surface area contributed by atoms with Crippen LogP contribution in [0.25, 0.3) is 11.5 Å². The summed E-state index contributed by atoms with van der Waals surface area (Å²) in [6.07, 6.45) is 0. The van der Waals surface area contributed by atoms with Gasteiger partial charge < -0.3 is 20.8 Å². The number of hydrogen-bond donors (Lipinski definition) is 3. The molecular weight excluding hydrogens is 376 g/mol. The molecule has 2 heterocycles. The maximum absolute atomic E-state index is 12.5. The van der Waals surface area contributed by atoms with E-state index in [1.54, 1.807) is 24.4 Å². The predicted octanol–water partition coefficient (Wildman–Crippen LogP) is 3.31. The zero-order valence-corrected chi connectivity index (χ0v) is 16.5. The lowest BCUT2D eigenvalue weighted by molar-refractivity contribution is -0.120. The van der Waals surface area contributed by atoms with E-state index in [-0.39, 0.29) is 11.8 Å². The molecule has 0 saturated carbocycles. The molecule has 0 saturated heterocycles. The lowest BCUT2D eigenvalue weighted by Crippen LogP contribution is -2.30. The lowest BCUT2D eigenvalue weighted by Gasteiger charge is -2.19. The summed E-state index contributed by atoms with van der Waals surface area (Å²) in [5.41, 5.74) is 7.75. The Kier molecular flexibility index (Phi) is 6.23. The average molecular weight is 398 g/mol. The fourth-order valence-electron chi connectivity index (χ4n) is 2.61. The predicted molar refractivity (Wildman–Crippen MR) is 109 cm³/mol. The van der Waals surface area contributed by atoms with Crippen molar-refractivity contribution in [2.75, 3.05) is 5.32 Å². The normalized spacial score (nSPS) is 13.0. The third-order valence-corrected chi connectivity index (χ3v) is 5.05. The second-order valence-electron chi connectivity index (χ2n) is 6.43. The van der Waals surface area contributed by atoms with Crippen LogP contribution in [0.15, 0.2) is 52.3 Å². The first kappa shape index (κ1) is 19.8. The maximum Gasteiger partial charge on any atom is 0.230 e. The summed E-state index contributed by atoms with van der Waals surface area (Å²) in [5, 5.41) is 7.78. The molecule has 3 rings (SSSR count). The van der Waals surface area contributed by atoms with E-state index in [9.17, 15) is 9.59 Å². The Hall–Kier alpha value is -2.97. The van der Waals surface area contributed by atoms with Gasteiger partial charge in [-0.3, -0.25) is 9.59 Å². The van der Waals surface area contributed by atoms with Gasteiger partial charge in [-0.1, -0.05) is 37.3 Å². The van der Waals surface area contributed by atoms with E-state index in [2.05, 4.69) is 15.6 Å². The highest BCUT2D eigenvalue weighted by molar-refractivity contribution is 7.14. The van der Waals surface area contributed by atoms with Crippen molar-refractivity contribution in [2.24, 2.45) is 11.7 Å². The van der Waals surface area contributed by atoms with Crippen LogP contribution in [0, 0.1) is 5.92 Å². The SMILES string of the molecule is CC(=O)NCc1ccc(-c2csc(NC(=O)C(C)C(N)c3ccccc3)n2)o1. The summed E-state index contributed by atoms with van der Waals surface area (Å²) in [6, 6.07) is 12.7. The number of anilines is 1. The Morgan fingerprint density at radius 3 is 2.68 bits per heavy atom. The van der Waals surface area contributed by atoms with Crippen molar-refractivity contribution in [1.29, 1.82) is 0 Å². The van der Waals surface area contributed by atoms with Crippen molar-refractivity contribution in [1.82, 2.24) is 10.3 Å². The molecule has 2 unspecified atom stereocenters. The number of nitrogens with one attached hydrogen (secondary N) is 2. The summed E-state index contributed by atoms with van der Waals surface area (Å²) in [5.74, 6) is 0.475. The van der Waals surface area contributed by atoms with Crippen LogP contribution in [-0.2, 0) is 16.1 Å². The van der Waals surface area contributed by atoms with Gasteiger partial charge in [-0.05, 0) is 17.7 Å². The Morgan fingerprint density at radius 1 is 1.21 bits per heavy atom. The van der Waals surface area contributed by atoms with Gasteiger partial charge in [-0.25, -0.2) is 4.98 Å². The fourth-order valence-corrected chi connectivity index (χ4v) is 3.32. The molecule has 1 aromatic carbocycles. The molecule has 0 fully saturated rings. The van der Waals surface area contributed by atoms with Crippen LogP contribution in [0.3, 0.4) is 0 Å². The third-order valence-electron chi connectivity index (χ3n) is 4.30. The van der Waals surface area contributed by atoms with E-state index < -0.39 is 12.0 Å². The molecule has 0 aliphatic carbocycles. The number of furan rings is 1. The molecule has 8 heteroatoms. The molecule has 2 atom stereocenters. The first-order chi connectivity index (χ1) is 13.4. The van der Waals surface area contributed by atoms with Gasteiger partial charge in [0.25, 0.3) is 0 Å². The molecule has 2 aromatic heterocycles. The quantitative estimate of drug-likeness (QED) is 0.565. The van der Waals surface area contributed by atoms with Crippen LogP contribution in [0.4, 0.5) is 5.13 Å². The molecule has 0 aliphatic heterocycles. The standard InChI is InChI=1S/C20H22N4O3S/c1-12(18(21)14-6-4-3-5-7-14)19(26)24-20-23-16(11-28-20)17-9-8-15(27-17)10-22-13(2)25/h3-9,11-12,18H,10,21H2,1-2H3,(H,22,25)(H,23,24,26). The van der Waals surface area contributed by atoms with E-state index in [4.69, 9.17) is 10.2 Å². The molecule has 4 N–H and O–H groups in total. The van der Waals surface area contributed by atoms with Crippen LogP contribution >= 0.6 is 11.3 Å². The maximum atomic E-state index is 12.5. The zero-order valence-electron chi connectivity index (χ0n) is 15.6. The second kappa shape index (κ2) is 8.81. The number of carbonyl (C=O) groups is 2. The molecule has 0 aliphatic rings. The second-order valence-corrected chi connectivity index (χ2v) is 7.29. The van der Waals surface area contributed by atoms with Gasteiger partial charge in [0.2, 0.25) is 11.8 Å². The minimum Gasteiger partial charge on any atom is -0.458 e. The first-order valence-electron chi connectivity index (χ1n) is 8.84. The monoisotopic (exact) mass is 398 g/mol. The van der Waals surface area contributed by atoms with E-state index in [1.165, 1.54) is 18.3 Å². The summed E-state index contributed by atoms with van der Waals surface area (Å²) < 4.78 is 5.68. The number of rotatable bonds is 7. The van der Waals surface area contributed by atoms with Gasteiger partial charge in [0.05, 0.1) is 12.5 Å². The number of nitrogens with zero attached hydrogens (tertiary/aromatic N) is 1. The molecule has 0 bridgehead atoms. The molecular formula is C20H22N4O3S. The Morgan fingerprint density at radius 2 is 1.96 bits per heavy atom. The number of nitrogens with two attached hydrogens (primary N) is 1. The molecule has 7 nitrogen and oxygen atoms in total. The van der Waals surface area contributed by atoms with Gasteiger partial charge in [0, 0.05) is 18.3 Å². The number of aromatic nitrogens is 1. The van der Waals surface area contributed by atoms with Crippen molar-refractivity contribution >= 4 is 28.3 Å². The average Bonchev–Trinajstić information content (AvgIpc) is 3.35. The van der Waals surface area contributed by atoms with E-state index >= 15 is 0 Å². The number of hydrogen-bond acceptors (Lipinski definition) is 6. The minimum absolute atomic E-state index is 0.126. The van der Waals surface area contributed by atoms with Gasteiger partial charge in [-0.2, -0.15) is 0 Å². The minimum atomic E-state index is -0.414. The topological polar surface area (TPSA) is 110 Å². The van der Waals surface area contributed by atoms with Crippen molar-refractivity contribution < 1.29 is 14.0 Å². The van der Waals surface area contributed by atoms with Gasteiger partial charge in [0.15, 0.2) is 10.9 Å². The van der Waals surface area contributed by atoms with Crippen molar-refractivity contribution in [3.8, 4) is 11.5 Å². The van der Waals surface area contributed by atoms with Gasteiger partial charge >= 0.3 is 0 Å². The summed E-state index contributed by atoms with van der Waals surface area (Å²) in [6.45, 7) is 3.56. The van der Waals surface area contributed by atoms with Crippen LogP contribution in [-0.4, -0.2) is 16.8 Å². The summed E-state index contributed by atoms with van der Waals surface area (Å²) in [4.78, 5) is 27.9. The number of carbonyl (C=O) groups excluding carboxylic acids is 2. The zero-order chi connectivity index (χ0) is 20.1. The van der Waals surface area contributed by atoms with Crippen LogP contribution in [0.1, 0.15) is 31.2 Å². The lowest BCUT2D eigenvalue weighted by atomic mass is 9.95. The van der Waals surface area contributed by atoms with Crippen molar-refractivity contribution in [2.45, 2.75) is 26.4 Å². The molecule has 2 amide bonds. The number of thiazole rings is 1. The molecule has 3 aromatic rings. The van der Waals surface area contributed by atoms with Gasteiger partial charge in [0.1, 0.15) is 11.5 Å². The Balaban J connectivity index is 1.62. The van der Waals surface area contributed by atoms with E-state index in [0.29, 0.717) is 28.9 Å². The van der Waals surface area contributed by atoms with Crippen molar-refractivity contribution in [3.63, 3.8) is 0 Å². The van der Waals surface area contributed by atoms with Crippen LogP contribution < -0.4 is 16.4 Å². The van der Waals surface area contributed by atoms with Gasteiger partial charge in [-0.15, -0.1) is 11.3 Å². The smallest absolute Gasteiger partial charge is 0.230 e. The highest BCUT2D eigenvalue weighted by Crippen LogP contribution is 2.28.